The number of fused-ring (bicyclic) bond motifs is 1. The fourth-order valence-corrected chi connectivity index (χ4v) is 2.08. The Balaban J connectivity index is 2.08. The topological polar surface area (TPSA) is 80.1 Å². The zero-order valence-corrected chi connectivity index (χ0v) is 9.86. The molecule has 0 bridgehead atoms. The van der Waals surface area contributed by atoms with Gasteiger partial charge in [0.1, 0.15) is 18.3 Å². The van der Waals surface area contributed by atoms with Crippen LogP contribution in [-0.2, 0) is 18.9 Å². The predicted octanol–water partition coefficient (Wildman–Crippen LogP) is 0.668. The van der Waals surface area contributed by atoms with Crippen molar-refractivity contribution >= 4 is 0 Å². The predicted molar refractivity (Wildman–Crippen MR) is 55.6 cm³/mol. The second-order valence-corrected chi connectivity index (χ2v) is 4.40. The molecule has 17 heavy (non-hydrogen) atoms. The number of ether oxygens (including phenoxy) is 4. The van der Waals surface area contributed by atoms with Crippen LogP contribution in [0.25, 0.3) is 0 Å². The maximum absolute atomic E-state index is 10.3. The van der Waals surface area contributed by atoms with E-state index in [0.717, 1.165) is 6.20 Å². The zero-order chi connectivity index (χ0) is 12.6. The molecule has 0 radical (unpaired) electrons. The zero-order valence-electron chi connectivity index (χ0n) is 9.86. The molecule has 0 aromatic rings. The van der Waals surface area contributed by atoms with E-state index < -0.39 is 29.2 Å². The van der Waals surface area contributed by atoms with E-state index >= 15 is 0 Å². The summed E-state index contributed by atoms with van der Waals surface area (Å²) < 4.78 is 21.9. The fourth-order valence-electron chi connectivity index (χ4n) is 2.08. The molecule has 2 heterocycles. The van der Waals surface area contributed by atoms with Gasteiger partial charge in [-0.05, 0) is 13.8 Å². The summed E-state index contributed by atoms with van der Waals surface area (Å²) >= 11 is 0. The maximum atomic E-state index is 10.3. The van der Waals surface area contributed by atoms with E-state index in [1.54, 1.807) is 13.8 Å². The van der Waals surface area contributed by atoms with Crippen LogP contribution < -0.4 is 0 Å². The molecule has 2 fully saturated rings. The van der Waals surface area contributed by atoms with Crippen LogP contribution in [-0.4, -0.2) is 42.4 Å². The van der Waals surface area contributed by atoms with Gasteiger partial charge in [0.05, 0.1) is 4.92 Å². The first-order chi connectivity index (χ1) is 7.93. The summed E-state index contributed by atoms with van der Waals surface area (Å²) in [7, 11) is 1.51. The van der Waals surface area contributed by atoms with Gasteiger partial charge in [-0.1, -0.05) is 0 Å². The van der Waals surface area contributed by atoms with Crippen LogP contribution in [0.15, 0.2) is 12.3 Å². The summed E-state index contributed by atoms with van der Waals surface area (Å²) in [6, 6.07) is 0. The second-order valence-electron chi connectivity index (χ2n) is 4.40. The molecule has 2 aliphatic heterocycles. The third kappa shape index (κ3) is 2.47. The molecule has 0 amide bonds. The van der Waals surface area contributed by atoms with Crippen LogP contribution in [0.2, 0.25) is 0 Å². The number of nitrogens with zero attached hydrogens (tertiary/aromatic N) is 1. The number of rotatable bonds is 3. The Hall–Kier alpha value is -1.02. The third-order valence-corrected chi connectivity index (χ3v) is 2.70. The van der Waals surface area contributed by atoms with E-state index in [1.165, 1.54) is 13.2 Å². The Bertz CT molecular complexity index is 342. The molecule has 0 saturated carbocycles. The van der Waals surface area contributed by atoms with Gasteiger partial charge < -0.3 is 18.9 Å². The molecule has 0 N–H and O–H groups in total. The Morgan fingerprint density at radius 3 is 2.71 bits per heavy atom. The van der Waals surface area contributed by atoms with Crippen molar-refractivity contribution in [1.82, 2.24) is 0 Å². The van der Waals surface area contributed by atoms with Gasteiger partial charge in [0.2, 0.25) is 6.20 Å². The van der Waals surface area contributed by atoms with Crippen molar-refractivity contribution in [3.8, 4) is 0 Å². The van der Waals surface area contributed by atoms with E-state index in [4.69, 9.17) is 18.9 Å². The molecule has 2 saturated heterocycles. The molecule has 0 aromatic heterocycles. The van der Waals surface area contributed by atoms with Crippen LogP contribution in [0.1, 0.15) is 13.8 Å². The smallest absolute Gasteiger partial charge is 0.233 e. The second kappa shape index (κ2) is 4.34. The van der Waals surface area contributed by atoms with Gasteiger partial charge in [0, 0.05) is 13.2 Å². The van der Waals surface area contributed by atoms with Crippen molar-refractivity contribution in [2.45, 2.75) is 44.2 Å². The molecule has 0 aliphatic carbocycles. The monoisotopic (exact) mass is 245 g/mol. The minimum Gasteiger partial charge on any atom is -0.375 e. The Morgan fingerprint density at radius 1 is 1.41 bits per heavy atom. The number of hydrogen-bond acceptors (Lipinski definition) is 6. The van der Waals surface area contributed by atoms with Crippen molar-refractivity contribution in [3.05, 3.63) is 22.4 Å². The summed E-state index contributed by atoms with van der Waals surface area (Å²) in [4.78, 5) is 9.71. The quantitative estimate of drug-likeness (QED) is 0.537. The average Bonchev–Trinajstić information content (AvgIpc) is 2.65. The van der Waals surface area contributed by atoms with Gasteiger partial charge in [-0.25, -0.2) is 0 Å². The van der Waals surface area contributed by atoms with Gasteiger partial charge in [0.15, 0.2) is 12.1 Å². The summed E-state index contributed by atoms with van der Waals surface area (Å²) in [6.07, 6.45) is 0.331. The van der Waals surface area contributed by atoms with Gasteiger partial charge >= 0.3 is 0 Å². The van der Waals surface area contributed by atoms with Crippen LogP contribution in [0.4, 0.5) is 0 Å². The molecule has 4 atom stereocenters. The van der Waals surface area contributed by atoms with Crippen LogP contribution >= 0.6 is 0 Å². The first-order valence-electron chi connectivity index (χ1n) is 5.29. The SMILES string of the molecule is COC1C(/C=C/[N+](=O)[O-])OC2OC(C)(C)OC21. The highest BCUT2D eigenvalue weighted by molar-refractivity contribution is 5.02. The fraction of sp³-hybridized carbons (Fsp3) is 0.800. The van der Waals surface area contributed by atoms with Gasteiger partial charge in [0.25, 0.3) is 0 Å². The first-order valence-corrected chi connectivity index (χ1v) is 5.29. The number of hydrogen-bond donors (Lipinski definition) is 0. The largest absolute Gasteiger partial charge is 0.375 e. The lowest BCUT2D eigenvalue weighted by Crippen LogP contribution is -2.35. The third-order valence-electron chi connectivity index (χ3n) is 2.70. The summed E-state index contributed by atoms with van der Waals surface area (Å²) in [5.41, 5.74) is 0. The molecule has 0 aromatic carbocycles. The molecule has 2 aliphatic rings. The Morgan fingerprint density at radius 2 is 2.12 bits per heavy atom. The van der Waals surface area contributed by atoms with Crippen molar-refractivity contribution in [2.24, 2.45) is 0 Å². The van der Waals surface area contributed by atoms with E-state index in [1.807, 2.05) is 0 Å². The van der Waals surface area contributed by atoms with E-state index in [-0.39, 0.29) is 6.10 Å². The summed E-state index contributed by atoms with van der Waals surface area (Å²) in [6.45, 7) is 3.56. The van der Waals surface area contributed by atoms with Crippen molar-refractivity contribution in [3.63, 3.8) is 0 Å². The van der Waals surface area contributed by atoms with Crippen LogP contribution in [0.3, 0.4) is 0 Å². The number of nitro groups is 1. The molecule has 7 heteroatoms. The highest BCUT2D eigenvalue weighted by Crippen LogP contribution is 2.38. The molecule has 0 spiro atoms. The lowest BCUT2D eigenvalue weighted by Gasteiger charge is -2.22. The molecule has 7 nitrogen and oxygen atoms in total. The standard InChI is InChI=1S/C10H15NO6/c1-10(2)16-8-7(14-3)6(4-5-11(12)13)15-9(8)17-10/h4-9H,1-3H3/b5-4+. The lowest BCUT2D eigenvalue weighted by atomic mass is 10.1. The van der Waals surface area contributed by atoms with Crippen molar-refractivity contribution in [1.29, 1.82) is 0 Å². The molecular weight excluding hydrogens is 230 g/mol. The summed E-state index contributed by atoms with van der Waals surface area (Å²) in [5, 5.41) is 10.3. The molecule has 4 unspecified atom stereocenters. The van der Waals surface area contributed by atoms with Gasteiger partial charge in [-0.3, -0.25) is 10.1 Å². The Labute approximate surface area is 98.4 Å². The highest BCUT2D eigenvalue weighted by Gasteiger charge is 2.54. The van der Waals surface area contributed by atoms with Gasteiger partial charge in [-0.15, -0.1) is 0 Å². The van der Waals surface area contributed by atoms with E-state index in [9.17, 15) is 10.1 Å². The summed E-state index contributed by atoms with van der Waals surface area (Å²) in [5.74, 6) is -0.718. The minimum atomic E-state index is -0.718. The van der Waals surface area contributed by atoms with Gasteiger partial charge in [-0.2, -0.15) is 0 Å². The minimum absolute atomic E-state index is 0.364. The first kappa shape index (κ1) is 12.4. The maximum Gasteiger partial charge on any atom is 0.233 e. The lowest BCUT2D eigenvalue weighted by molar-refractivity contribution is -0.403. The van der Waals surface area contributed by atoms with Crippen LogP contribution in [0, 0.1) is 10.1 Å². The normalized spacial score (nSPS) is 39.7. The van der Waals surface area contributed by atoms with Crippen LogP contribution in [0.5, 0.6) is 0 Å². The van der Waals surface area contributed by atoms with Crippen molar-refractivity contribution in [2.75, 3.05) is 7.11 Å². The Kier molecular flexibility index (Phi) is 3.17. The highest BCUT2D eigenvalue weighted by atomic mass is 16.8. The molecule has 2 rings (SSSR count). The number of methoxy groups -OCH3 is 1. The van der Waals surface area contributed by atoms with E-state index in [0.29, 0.717) is 0 Å². The molecular formula is C10H15NO6. The van der Waals surface area contributed by atoms with E-state index in [2.05, 4.69) is 0 Å². The van der Waals surface area contributed by atoms with Crippen molar-refractivity contribution < 1.29 is 23.9 Å². The molecule has 96 valence electrons. The average molecular weight is 245 g/mol.